The van der Waals surface area contributed by atoms with Crippen LogP contribution in [0.1, 0.15) is 27.0 Å². The minimum absolute atomic E-state index is 0.0432. The van der Waals surface area contributed by atoms with Crippen molar-refractivity contribution in [1.82, 2.24) is 0 Å². The van der Waals surface area contributed by atoms with Crippen molar-refractivity contribution in [2.45, 2.75) is 18.9 Å². The van der Waals surface area contributed by atoms with Gasteiger partial charge in [0.15, 0.2) is 5.78 Å². The van der Waals surface area contributed by atoms with Crippen LogP contribution in [0.4, 0.5) is 20.2 Å². The molecule has 1 atom stereocenters. The van der Waals surface area contributed by atoms with Crippen molar-refractivity contribution in [2.24, 2.45) is 0 Å². The maximum absolute atomic E-state index is 14.0. The van der Waals surface area contributed by atoms with Gasteiger partial charge in [0.1, 0.15) is 30.1 Å². The average Bonchev–Trinajstić information content (AvgIpc) is 2.90. The Kier molecular flexibility index (Phi) is 5.97. The molecular formula is C24H21F2NO4. The van der Waals surface area contributed by atoms with Crippen LogP contribution in [0.2, 0.25) is 0 Å². The number of hydrogen-bond acceptors (Lipinski definition) is 5. The highest BCUT2D eigenvalue weighted by atomic mass is 19.1. The zero-order chi connectivity index (χ0) is 22.0. The van der Waals surface area contributed by atoms with Gasteiger partial charge in [0.2, 0.25) is 0 Å². The molecule has 3 N–H and O–H groups in total. The lowest BCUT2D eigenvalue weighted by Gasteiger charge is -2.12. The highest BCUT2D eigenvalue weighted by Gasteiger charge is 2.22. The average molecular weight is 425 g/mol. The number of ether oxygens (including phenoxy) is 1. The number of anilines is 2. The molecule has 0 bridgehead atoms. The Balaban J connectivity index is 1.56. The number of aliphatic hydroxyl groups is 2. The van der Waals surface area contributed by atoms with E-state index in [4.69, 9.17) is 9.84 Å². The number of ketones is 1. The van der Waals surface area contributed by atoms with Crippen LogP contribution >= 0.6 is 0 Å². The van der Waals surface area contributed by atoms with Gasteiger partial charge in [-0.15, -0.1) is 0 Å². The van der Waals surface area contributed by atoms with Crippen molar-refractivity contribution in [2.75, 3.05) is 18.5 Å². The van der Waals surface area contributed by atoms with Gasteiger partial charge in [-0.1, -0.05) is 0 Å². The Morgan fingerprint density at radius 3 is 2.39 bits per heavy atom. The SMILES string of the molecule is O=C1c2ccc(Nc3ccc(F)cc3F)cc2CCc2cc(OC[C@@H](O)CO)ccc21. The summed E-state index contributed by atoms with van der Waals surface area (Å²) in [5, 5.41) is 21.3. The first-order chi connectivity index (χ1) is 14.9. The Morgan fingerprint density at radius 1 is 0.968 bits per heavy atom. The van der Waals surface area contributed by atoms with Crippen molar-refractivity contribution in [3.8, 4) is 5.75 Å². The highest BCUT2D eigenvalue weighted by molar-refractivity contribution is 6.11. The lowest BCUT2D eigenvalue weighted by molar-refractivity contribution is 0.0536. The van der Waals surface area contributed by atoms with E-state index in [-0.39, 0.29) is 18.1 Å². The van der Waals surface area contributed by atoms with Crippen LogP contribution in [0.15, 0.2) is 54.6 Å². The summed E-state index contributed by atoms with van der Waals surface area (Å²) in [7, 11) is 0. The van der Waals surface area contributed by atoms with E-state index >= 15 is 0 Å². The first-order valence-corrected chi connectivity index (χ1v) is 9.89. The van der Waals surface area contributed by atoms with E-state index < -0.39 is 24.3 Å². The van der Waals surface area contributed by atoms with Gasteiger partial charge in [0, 0.05) is 22.9 Å². The van der Waals surface area contributed by atoms with E-state index in [9.17, 15) is 18.7 Å². The number of carbonyl (C=O) groups is 1. The quantitative estimate of drug-likeness (QED) is 0.560. The third kappa shape index (κ3) is 4.57. The maximum atomic E-state index is 14.0. The number of carbonyl (C=O) groups excluding carboxylic acids is 1. The number of aryl methyl sites for hydroxylation is 2. The molecule has 160 valence electrons. The maximum Gasteiger partial charge on any atom is 0.193 e. The molecule has 0 spiro atoms. The molecule has 0 fully saturated rings. The van der Waals surface area contributed by atoms with Crippen molar-refractivity contribution in [3.05, 3.63) is 88.5 Å². The summed E-state index contributed by atoms with van der Waals surface area (Å²) in [6, 6.07) is 13.7. The number of rotatable bonds is 6. The fourth-order valence-corrected chi connectivity index (χ4v) is 3.59. The van der Waals surface area contributed by atoms with Gasteiger partial charge in [0.05, 0.1) is 12.3 Å². The van der Waals surface area contributed by atoms with E-state index in [0.29, 0.717) is 35.4 Å². The molecule has 0 saturated carbocycles. The highest BCUT2D eigenvalue weighted by Crippen LogP contribution is 2.30. The number of hydrogen-bond donors (Lipinski definition) is 3. The molecule has 5 nitrogen and oxygen atoms in total. The lowest BCUT2D eigenvalue weighted by Crippen LogP contribution is -2.21. The summed E-state index contributed by atoms with van der Waals surface area (Å²) in [5.41, 5.74) is 3.57. The summed E-state index contributed by atoms with van der Waals surface area (Å²) < 4.78 is 32.6. The first-order valence-electron chi connectivity index (χ1n) is 9.89. The zero-order valence-electron chi connectivity index (χ0n) is 16.6. The topological polar surface area (TPSA) is 78.8 Å². The van der Waals surface area contributed by atoms with E-state index in [1.807, 2.05) is 0 Å². The predicted molar refractivity (Wildman–Crippen MR) is 112 cm³/mol. The molecule has 1 aliphatic rings. The number of halogens is 2. The van der Waals surface area contributed by atoms with E-state index in [2.05, 4.69) is 5.32 Å². The van der Waals surface area contributed by atoms with Gasteiger partial charge in [0.25, 0.3) is 0 Å². The van der Waals surface area contributed by atoms with Crippen molar-refractivity contribution >= 4 is 17.2 Å². The van der Waals surface area contributed by atoms with Gasteiger partial charge in [-0.05, 0) is 72.5 Å². The van der Waals surface area contributed by atoms with Crippen molar-refractivity contribution < 1.29 is 28.5 Å². The first kappa shape index (κ1) is 21.0. The molecule has 0 radical (unpaired) electrons. The molecule has 0 heterocycles. The number of aliphatic hydroxyl groups excluding tert-OH is 2. The molecule has 0 unspecified atom stereocenters. The van der Waals surface area contributed by atoms with E-state index in [0.717, 1.165) is 17.2 Å². The van der Waals surface area contributed by atoms with Crippen LogP contribution in [-0.4, -0.2) is 35.3 Å². The Labute approximate surface area is 177 Å². The molecule has 3 aromatic carbocycles. The Morgan fingerprint density at radius 2 is 1.68 bits per heavy atom. The van der Waals surface area contributed by atoms with Crippen molar-refractivity contribution in [1.29, 1.82) is 0 Å². The van der Waals surface area contributed by atoms with Gasteiger partial charge in [-0.3, -0.25) is 4.79 Å². The van der Waals surface area contributed by atoms with Gasteiger partial charge in [-0.2, -0.15) is 0 Å². The minimum Gasteiger partial charge on any atom is -0.491 e. The number of benzene rings is 3. The summed E-state index contributed by atoms with van der Waals surface area (Å²) in [6.45, 7) is -0.435. The second-order valence-corrected chi connectivity index (χ2v) is 7.42. The monoisotopic (exact) mass is 425 g/mol. The van der Waals surface area contributed by atoms with Crippen LogP contribution in [0.25, 0.3) is 0 Å². The lowest BCUT2D eigenvalue weighted by atomic mass is 9.98. The normalized spacial score (nSPS) is 13.7. The van der Waals surface area contributed by atoms with Crippen LogP contribution < -0.4 is 10.1 Å². The second kappa shape index (κ2) is 8.83. The molecule has 0 aromatic heterocycles. The molecule has 0 amide bonds. The fourth-order valence-electron chi connectivity index (χ4n) is 3.59. The smallest absolute Gasteiger partial charge is 0.193 e. The predicted octanol–water partition coefficient (Wildman–Crippen LogP) is 3.77. The molecule has 0 aliphatic heterocycles. The molecule has 31 heavy (non-hydrogen) atoms. The number of fused-ring (bicyclic) bond motifs is 2. The largest absolute Gasteiger partial charge is 0.491 e. The van der Waals surface area contributed by atoms with Crippen LogP contribution in [0, 0.1) is 11.6 Å². The second-order valence-electron chi connectivity index (χ2n) is 7.42. The standard InChI is InChI=1S/C24H21F2NO4/c25-16-3-8-23(22(26)11-16)27-17-4-6-20-14(9-17)1-2-15-10-19(31-13-18(29)12-28)5-7-21(15)24(20)30/h3-11,18,27-29H,1-2,12-13H2/t18-/m0/s1. The summed E-state index contributed by atoms with van der Waals surface area (Å²) in [5.74, 6) is -0.942. The van der Waals surface area contributed by atoms with E-state index in [1.165, 1.54) is 12.1 Å². The Hall–Kier alpha value is -3.29. The molecule has 3 aromatic rings. The van der Waals surface area contributed by atoms with Gasteiger partial charge >= 0.3 is 0 Å². The van der Waals surface area contributed by atoms with Crippen LogP contribution in [0.5, 0.6) is 5.75 Å². The molecule has 1 aliphatic carbocycles. The zero-order valence-corrected chi connectivity index (χ0v) is 16.6. The van der Waals surface area contributed by atoms with E-state index in [1.54, 1.807) is 36.4 Å². The van der Waals surface area contributed by atoms with Crippen LogP contribution in [0.3, 0.4) is 0 Å². The third-order valence-corrected chi connectivity index (χ3v) is 5.20. The van der Waals surface area contributed by atoms with Crippen LogP contribution in [-0.2, 0) is 12.8 Å². The molecular weight excluding hydrogens is 404 g/mol. The summed E-state index contributed by atoms with van der Waals surface area (Å²) in [6.07, 6.45) is 0.224. The molecule has 4 rings (SSSR count). The summed E-state index contributed by atoms with van der Waals surface area (Å²) in [4.78, 5) is 13.1. The number of nitrogens with one attached hydrogen (secondary N) is 1. The fraction of sp³-hybridized carbons (Fsp3) is 0.208. The molecule has 0 saturated heterocycles. The summed E-state index contributed by atoms with van der Waals surface area (Å²) >= 11 is 0. The van der Waals surface area contributed by atoms with Gasteiger partial charge in [-0.25, -0.2) is 8.78 Å². The van der Waals surface area contributed by atoms with Gasteiger partial charge < -0.3 is 20.3 Å². The van der Waals surface area contributed by atoms with Crippen molar-refractivity contribution in [3.63, 3.8) is 0 Å². The third-order valence-electron chi connectivity index (χ3n) is 5.20. The minimum atomic E-state index is -0.971. The molecule has 7 heteroatoms. The Bertz CT molecular complexity index is 1130.